The monoisotopic (exact) mass is 317 g/mol. The molecule has 22 heavy (non-hydrogen) atoms. The van der Waals surface area contributed by atoms with Crippen molar-refractivity contribution in [2.24, 2.45) is 0 Å². The minimum Gasteiger partial charge on any atom is -0.443 e. The van der Waals surface area contributed by atoms with Gasteiger partial charge in [0, 0.05) is 10.4 Å². The predicted molar refractivity (Wildman–Crippen MR) is 83.9 cm³/mol. The molecule has 0 radical (unpaired) electrons. The van der Waals surface area contributed by atoms with E-state index in [9.17, 15) is 9.59 Å². The number of thiophene rings is 1. The fourth-order valence-corrected chi connectivity index (χ4v) is 2.84. The lowest BCUT2D eigenvalue weighted by Crippen LogP contribution is -2.32. The van der Waals surface area contributed by atoms with E-state index in [0.29, 0.717) is 23.4 Å². The number of rotatable bonds is 4. The minimum atomic E-state index is -0.259. The number of aromatic nitrogens is 2. The first kappa shape index (κ1) is 14.5. The molecule has 0 bridgehead atoms. The molecule has 0 aromatic carbocycles. The number of carbonyl (C=O) groups is 1. The van der Waals surface area contributed by atoms with Crippen molar-refractivity contribution >= 4 is 28.3 Å². The maximum atomic E-state index is 12.4. The van der Waals surface area contributed by atoms with Crippen LogP contribution in [-0.4, -0.2) is 15.5 Å². The molecule has 0 spiro atoms. The Morgan fingerprint density at radius 2 is 2.27 bits per heavy atom. The smallest absolute Gasteiger partial charge is 0.265 e. The topological polar surface area (TPSA) is 77.1 Å². The quantitative estimate of drug-likeness (QED) is 0.798. The van der Waals surface area contributed by atoms with Crippen LogP contribution in [0.1, 0.15) is 16.2 Å². The van der Waals surface area contributed by atoms with Crippen molar-refractivity contribution in [1.29, 1.82) is 0 Å². The fourth-order valence-electron chi connectivity index (χ4n) is 2.19. The van der Waals surface area contributed by atoms with E-state index in [2.05, 4.69) is 10.3 Å². The molecule has 0 fully saturated rings. The molecule has 3 aromatic rings. The summed E-state index contributed by atoms with van der Waals surface area (Å²) in [6.45, 7) is 4.00. The molecule has 0 aliphatic carbocycles. The van der Waals surface area contributed by atoms with Gasteiger partial charge in [0.1, 0.15) is 24.0 Å². The largest absolute Gasteiger partial charge is 0.443 e. The number of hydrogen-bond acceptors (Lipinski definition) is 5. The third kappa shape index (κ3) is 2.67. The molecule has 0 aliphatic heterocycles. The summed E-state index contributed by atoms with van der Waals surface area (Å²) >= 11 is 1.57. The fraction of sp³-hybridized carbons (Fsp3) is 0.267. The second kappa shape index (κ2) is 5.76. The van der Waals surface area contributed by atoms with Gasteiger partial charge in [0.05, 0.1) is 6.54 Å². The van der Waals surface area contributed by atoms with Crippen LogP contribution in [0.25, 0.3) is 11.1 Å². The van der Waals surface area contributed by atoms with Crippen LogP contribution in [-0.2, 0) is 17.9 Å². The molecule has 0 aliphatic rings. The van der Waals surface area contributed by atoms with Crippen molar-refractivity contribution in [1.82, 2.24) is 14.9 Å². The van der Waals surface area contributed by atoms with E-state index in [0.717, 1.165) is 10.4 Å². The van der Waals surface area contributed by atoms with Crippen LogP contribution in [0, 0.1) is 13.8 Å². The van der Waals surface area contributed by atoms with Crippen LogP contribution in [0.15, 0.2) is 33.1 Å². The number of hydrogen-bond donors (Lipinski definition) is 1. The van der Waals surface area contributed by atoms with E-state index in [-0.39, 0.29) is 18.0 Å². The highest BCUT2D eigenvalue weighted by Crippen LogP contribution is 2.18. The number of amides is 1. The van der Waals surface area contributed by atoms with Gasteiger partial charge in [0.25, 0.3) is 5.56 Å². The molecule has 0 saturated carbocycles. The number of carbonyl (C=O) groups excluding carboxylic acids is 1. The van der Waals surface area contributed by atoms with E-state index in [1.807, 2.05) is 24.4 Å². The Balaban J connectivity index is 1.79. The zero-order valence-electron chi connectivity index (χ0n) is 12.3. The maximum absolute atomic E-state index is 12.4. The summed E-state index contributed by atoms with van der Waals surface area (Å²) in [5, 5.41) is 5.18. The molecule has 3 rings (SSSR count). The van der Waals surface area contributed by atoms with Crippen LogP contribution in [0.2, 0.25) is 0 Å². The van der Waals surface area contributed by atoms with Crippen LogP contribution >= 0.6 is 11.3 Å². The molecule has 6 nitrogen and oxygen atoms in total. The van der Waals surface area contributed by atoms with Crippen molar-refractivity contribution in [3.05, 3.63) is 50.4 Å². The molecule has 114 valence electrons. The van der Waals surface area contributed by atoms with E-state index < -0.39 is 0 Å². The third-order valence-electron chi connectivity index (χ3n) is 3.51. The Kier molecular flexibility index (Phi) is 3.81. The van der Waals surface area contributed by atoms with Gasteiger partial charge < -0.3 is 9.73 Å². The van der Waals surface area contributed by atoms with Crippen LogP contribution < -0.4 is 10.9 Å². The summed E-state index contributed by atoms with van der Waals surface area (Å²) in [6, 6.07) is 3.88. The first-order valence-electron chi connectivity index (χ1n) is 6.80. The van der Waals surface area contributed by atoms with E-state index in [1.165, 1.54) is 10.9 Å². The zero-order chi connectivity index (χ0) is 15.7. The SMILES string of the molecule is Cc1oc2ncn(CC(=O)NCc3cccs3)c(=O)c2c1C. The molecular weight excluding hydrogens is 302 g/mol. The Labute approximate surface area is 130 Å². The summed E-state index contributed by atoms with van der Waals surface area (Å²) in [6.07, 6.45) is 1.35. The molecule has 1 N–H and O–H groups in total. The van der Waals surface area contributed by atoms with Crippen LogP contribution in [0.4, 0.5) is 0 Å². The number of nitrogens with zero attached hydrogens (tertiary/aromatic N) is 2. The minimum absolute atomic E-state index is 0.0587. The first-order valence-corrected chi connectivity index (χ1v) is 7.68. The molecule has 1 amide bonds. The van der Waals surface area contributed by atoms with Gasteiger partial charge in [-0.25, -0.2) is 4.98 Å². The highest BCUT2D eigenvalue weighted by Gasteiger charge is 2.15. The zero-order valence-corrected chi connectivity index (χ0v) is 13.1. The van der Waals surface area contributed by atoms with Crippen molar-refractivity contribution in [2.75, 3.05) is 0 Å². The summed E-state index contributed by atoms with van der Waals surface area (Å²) in [4.78, 5) is 29.6. The van der Waals surface area contributed by atoms with Gasteiger partial charge in [-0.15, -0.1) is 11.3 Å². The van der Waals surface area contributed by atoms with Gasteiger partial charge in [0.2, 0.25) is 11.6 Å². The Hall–Kier alpha value is -2.41. The maximum Gasteiger partial charge on any atom is 0.265 e. The standard InChI is InChI=1S/C15H15N3O3S/c1-9-10(2)21-14-13(9)15(20)18(8-17-14)7-12(19)16-6-11-4-3-5-22-11/h3-5,8H,6-7H2,1-2H3,(H,16,19). The summed E-state index contributed by atoms with van der Waals surface area (Å²) < 4.78 is 6.71. The number of furan rings is 1. The lowest BCUT2D eigenvalue weighted by Gasteiger charge is -2.06. The summed E-state index contributed by atoms with van der Waals surface area (Å²) in [5.74, 6) is 0.439. The average Bonchev–Trinajstić information content (AvgIpc) is 3.09. The van der Waals surface area contributed by atoms with Gasteiger partial charge in [-0.2, -0.15) is 0 Å². The number of aryl methyl sites for hydroxylation is 2. The van der Waals surface area contributed by atoms with Gasteiger partial charge in [0.15, 0.2) is 0 Å². The Bertz CT molecular complexity index is 877. The molecule has 3 heterocycles. The highest BCUT2D eigenvalue weighted by atomic mass is 32.1. The average molecular weight is 317 g/mol. The molecule has 0 atom stereocenters. The highest BCUT2D eigenvalue weighted by molar-refractivity contribution is 7.09. The molecule has 0 unspecified atom stereocenters. The summed E-state index contributed by atoms with van der Waals surface area (Å²) in [5.41, 5.74) is 0.821. The van der Waals surface area contributed by atoms with Crippen molar-refractivity contribution in [3.63, 3.8) is 0 Å². The molecular formula is C15H15N3O3S. The van der Waals surface area contributed by atoms with Crippen molar-refractivity contribution in [2.45, 2.75) is 26.9 Å². The lowest BCUT2D eigenvalue weighted by molar-refractivity contribution is -0.121. The van der Waals surface area contributed by atoms with Crippen molar-refractivity contribution < 1.29 is 9.21 Å². The second-order valence-electron chi connectivity index (χ2n) is 5.00. The van der Waals surface area contributed by atoms with Gasteiger partial charge in [-0.3, -0.25) is 14.2 Å². The Morgan fingerprint density at radius 1 is 1.45 bits per heavy atom. The van der Waals surface area contributed by atoms with E-state index in [4.69, 9.17) is 4.42 Å². The third-order valence-corrected chi connectivity index (χ3v) is 4.39. The molecule has 3 aromatic heterocycles. The predicted octanol–water partition coefficient (Wildman–Crippen LogP) is 1.98. The normalized spacial score (nSPS) is 11.0. The Morgan fingerprint density at radius 3 is 3.00 bits per heavy atom. The van der Waals surface area contributed by atoms with Gasteiger partial charge in [-0.1, -0.05) is 6.07 Å². The first-order chi connectivity index (χ1) is 10.6. The van der Waals surface area contributed by atoms with Gasteiger partial charge >= 0.3 is 0 Å². The molecule has 7 heteroatoms. The second-order valence-corrected chi connectivity index (χ2v) is 6.03. The van der Waals surface area contributed by atoms with Crippen LogP contribution in [0.3, 0.4) is 0 Å². The lowest BCUT2D eigenvalue weighted by atomic mass is 10.2. The van der Waals surface area contributed by atoms with Crippen molar-refractivity contribution in [3.8, 4) is 0 Å². The number of fused-ring (bicyclic) bond motifs is 1. The molecule has 0 saturated heterocycles. The van der Waals surface area contributed by atoms with Crippen LogP contribution in [0.5, 0.6) is 0 Å². The summed E-state index contributed by atoms with van der Waals surface area (Å²) in [7, 11) is 0. The van der Waals surface area contributed by atoms with E-state index >= 15 is 0 Å². The van der Waals surface area contributed by atoms with E-state index in [1.54, 1.807) is 18.3 Å². The number of nitrogens with one attached hydrogen (secondary N) is 1. The van der Waals surface area contributed by atoms with Gasteiger partial charge in [-0.05, 0) is 25.3 Å².